The topological polar surface area (TPSA) is 61.4 Å². The van der Waals surface area contributed by atoms with Gasteiger partial charge in [-0.15, -0.1) is 0 Å². The summed E-state index contributed by atoms with van der Waals surface area (Å²) in [6.45, 7) is 2.69. The molecule has 0 spiro atoms. The summed E-state index contributed by atoms with van der Waals surface area (Å²) in [5.74, 6) is 0.800. The summed E-state index contributed by atoms with van der Waals surface area (Å²) in [4.78, 5) is 25.1. The van der Waals surface area contributed by atoms with E-state index in [1.165, 1.54) is 0 Å². The highest BCUT2D eigenvalue weighted by atomic mass is 16.2. The molecule has 2 fully saturated rings. The molecule has 2 aliphatic rings. The van der Waals surface area contributed by atoms with Gasteiger partial charge in [0.25, 0.3) is 0 Å². The number of carbonyl (C=O) groups is 2. The molecule has 0 aromatic heterocycles. The van der Waals surface area contributed by atoms with Gasteiger partial charge in [-0.25, -0.2) is 0 Å². The van der Waals surface area contributed by atoms with Gasteiger partial charge in [-0.05, 0) is 38.8 Å². The number of nitrogens with zero attached hydrogens (tertiary/aromatic N) is 1. The molecule has 2 heterocycles. The molecule has 2 rings (SSSR count). The highest BCUT2D eigenvalue weighted by molar-refractivity contribution is 5.90. The molecule has 2 saturated heterocycles. The molecular formula is C12H21N3O2. The van der Waals surface area contributed by atoms with Crippen molar-refractivity contribution in [2.75, 3.05) is 26.7 Å². The second kappa shape index (κ2) is 5.49. The number of piperidine rings is 1. The maximum atomic E-state index is 12.1. The van der Waals surface area contributed by atoms with Crippen molar-refractivity contribution in [2.24, 2.45) is 5.92 Å². The number of likely N-dealkylation sites (tertiary alicyclic amines) is 1. The molecule has 0 saturated carbocycles. The van der Waals surface area contributed by atoms with E-state index < -0.39 is 0 Å². The van der Waals surface area contributed by atoms with Crippen LogP contribution in [-0.2, 0) is 9.59 Å². The maximum Gasteiger partial charge on any atom is 0.245 e. The SMILES string of the molecule is CNCC1CCN(C(=O)[C@H]2CCC(=O)N2)CC1. The van der Waals surface area contributed by atoms with Crippen LogP contribution >= 0.6 is 0 Å². The van der Waals surface area contributed by atoms with E-state index >= 15 is 0 Å². The van der Waals surface area contributed by atoms with Gasteiger partial charge >= 0.3 is 0 Å². The second-order valence-electron chi connectivity index (χ2n) is 4.99. The number of hydrogen-bond donors (Lipinski definition) is 2. The van der Waals surface area contributed by atoms with E-state index in [0.29, 0.717) is 18.8 Å². The minimum atomic E-state index is -0.261. The largest absolute Gasteiger partial charge is 0.344 e. The molecule has 17 heavy (non-hydrogen) atoms. The van der Waals surface area contributed by atoms with Crippen LogP contribution in [-0.4, -0.2) is 49.4 Å². The van der Waals surface area contributed by atoms with Crippen LogP contribution in [0.2, 0.25) is 0 Å². The third-order valence-electron chi connectivity index (χ3n) is 3.71. The lowest BCUT2D eigenvalue weighted by Gasteiger charge is -2.33. The molecule has 5 heteroatoms. The lowest BCUT2D eigenvalue weighted by Crippen LogP contribution is -2.48. The van der Waals surface area contributed by atoms with Crippen molar-refractivity contribution in [1.82, 2.24) is 15.5 Å². The lowest BCUT2D eigenvalue weighted by atomic mass is 9.96. The number of amides is 2. The van der Waals surface area contributed by atoms with Crippen molar-refractivity contribution >= 4 is 11.8 Å². The molecule has 0 aliphatic carbocycles. The lowest BCUT2D eigenvalue weighted by molar-refractivity contribution is -0.135. The summed E-state index contributed by atoms with van der Waals surface area (Å²) in [6, 6.07) is -0.261. The van der Waals surface area contributed by atoms with Crippen molar-refractivity contribution < 1.29 is 9.59 Å². The Morgan fingerprint density at radius 3 is 2.65 bits per heavy atom. The van der Waals surface area contributed by atoms with Crippen molar-refractivity contribution in [1.29, 1.82) is 0 Å². The van der Waals surface area contributed by atoms with Crippen molar-refractivity contribution in [3.05, 3.63) is 0 Å². The van der Waals surface area contributed by atoms with Crippen molar-refractivity contribution in [2.45, 2.75) is 31.7 Å². The first kappa shape index (κ1) is 12.4. The fourth-order valence-corrected chi connectivity index (χ4v) is 2.67. The standard InChI is InChI=1S/C12H21N3O2/c1-13-8-9-4-6-15(7-5-9)12(17)10-2-3-11(16)14-10/h9-10,13H,2-8H2,1H3,(H,14,16)/t10-/m1/s1. The fraction of sp³-hybridized carbons (Fsp3) is 0.833. The van der Waals surface area contributed by atoms with Gasteiger partial charge in [0.05, 0.1) is 0 Å². The third kappa shape index (κ3) is 2.97. The molecule has 2 aliphatic heterocycles. The Balaban J connectivity index is 1.80. The zero-order chi connectivity index (χ0) is 12.3. The number of carbonyl (C=O) groups excluding carboxylic acids is 2. The zero-order valence-corrected chi connectivity index (χ0v) is 10.4. The summed E-state index contributed by atoms with van der Waals surface area (Å²) < 4.78 is 0. The average Bonchev–Trinajstić information content (AvgIpc) is 2.76. The summed E-state index contributed by atoms with van der Waals surface area (Å²) >= 11 is 0. The molecule has 5 nitrogen and oxygen atoms in total. The van der Waals surface area contributed by atoms with E-state index in [1.54, 1.807) is 0 Å². The van der Waals surface area contributed by atoms with Gasteiger partial charge in [0, 0.05) is 19.5 Å². The molecule has 0 aromatic rings. The minimum absolute atomic E-state index is 0.00780. The van der Waals surface area contributed by atoms with Gasteiger partial charge < -0.3 is 15.5 Å². The Bertz CT molecular complexity index is 298. The molecule has 0 unspecified atom stereocenters. The Hall–Kier alpha value is -1.10. The van der Waals surface area contributed by atoms with Gasteiger partial charge in [0.15, 0.2) is 0 Å². The number of hydrogen-bond acceptors (Lipinski definition) is 3. The van der Waals surface area contributed by atoms with E-state index in [2.05, 4.69) is 10.6 Å². The first-order valence-electron chi connectivity index (χ1n) is 6.43. The second-order valence-corrected chi connectivity index (χ2v) is 4.99. The average molecular weight is 239 g/mol. The van der Waals surface area contributed by atoms with Crippen molar-refractivity contribution in [3.63, 3.8) is 0 Å². The van der Waals surface area contributed by atoms with Crippen LogP contribution in [0.4, 0.5) is 0 Å². The molecule has 1 atom stereocenters. The number of rotatable bonds is 3. The zero-order valence-electron chi connectivity index (χ0n) is 10.4. The predicted molar refractivity (Wildman–Crippen MR) is 64.4 cm³/mol. The highest BCUT2D eigenvalue weighted by Crippen LogP contribution is 2.18. The number of nitrogens with one attached hydrogen (secondary N) is 2. The predicted octanol–water partition coefficient (Wildman–Crippen LogP) is -0.277. The summed E-state index contributed by atoms with van der Waals surface area (Å²) in [7, 11) is 1.96. The van der Waals surface area contributed by atoms with Crippen LogP contribution in [0.5, 0.6) is 0 Å². The highest BCUT2D eigenvalue weighted by Gasteiger charge is 2.32. The summed E-state index contributed by atoms with van der Waals surface area (Å²) in [5.41, 5.74) is 0. The molecule has 2 N–H and O–H groups in total. The van der Waals surface area contributed by atoms with Gasteiger partial charge in [-0.3, -0.25) is 9.59 Å². The maximum absolute atomic E-state index is 12.1. The Labute approximate surface area is 102 Å². The van der Waals surface area contributed by atoms with Gasteiger partial charge in [0.1, 0.15) is 6.04 Å². The van der Waals surface area contributed by atoms with Crippen molar-refractivity contribution in [3.8, 4) is 0 Å². The van der Waals surface area contributed by atoms with E-state index in [4.69, 9.17) is 0 Å². The molecular weight excluding hydrogens is 218 g/mol. The van der Waals surface area contributed by atoms with Crippen LogP contribution in [0.3, 0.4) is 0 Å². The first-order chi connectivity index (χ1) is 8.20. The molecule has 96 valence electrons. The smallest absolute Gasteiger partial charge is 0.245 e. The Morgan fingerprint density at radius 2 is 2.12 bits per heavy atom. The van der Waals surface area contributed by atoms with Crippen LogP contribution in [0.25, 0.3) is 0 Å². The van der Waals surface area contributed by atoms with E-state index in [1.807, 2.05) is 11.9 Å². The monoisotopic (exact) mass is 239 g/mol. The molecule has 0 radical (unpaired) electrons. The van der Waals surface area contributed by atoms with Gasteiger partial charge in [-0.1, -0.05) is 0 Å². The molecule has 2 amide bonds. The Kier molecular flexibility index (Phi) is 3.99. The minimum Gasteiger partial charge on any atom is -0.344 e. The Morgan fingerprint density at radius 1 is 1.41 bits per heavy atom. The van der Waals surface area contributed by atoms with Gasteiger partial charge in [-0.2, -0.15) is 0 Å². The molecule has 0 aromatic carbocycles. The van der Waals surface area contributed by atoms with Crippen LogP contribution in [0, 0.1) is 5.92 Å². The van der Waals surface area contributed by atoms with E-state index in [0.717, 1.165) is 32.5 Å². The van der Waals surface area contributed by atoms with Gasteiger partial charge in [0.2, 0.25) is 11.8 Å². The summed E-state index contributed by atoms with van der Waals surface area (Å²) in [6.07, 6.45) is 3.28. The van der Waals surface area contributed by atoms with E-state index in [9.17, 15) is 9.59 Å². The normalized spacial score (nSPS) is 26.1. The quantitative estimate of drug-likeness (QED) is 0.712. The van der Waals surface area contributed by atoms with Crippen LogP contribution in [0.15, 0.2) is 0 Å². The van der Waals surface area contributed by atoms with Crippen LogP contribution < -0.4 is 10.6 Å². The molecule has 0 bridgehead atoms. The van der Waals surface area contributed by atoms with E-state index in [-0.39, 0.29) is 17.9 Å². The summed E-state index contributed by atoms with van der Waals surface area (Å²) in [5, 5.41) is 5.93. The fourth-order valence-electron chi connectivity index (χ4n) is 2.67. The first-order valence-corrected chi connectivity index (χ1v) is 6.43. The van der Waals surface area contributed by atoms with Crippen LogP contribution in [0.1, 0.15) is 25.7 Å². The third-order valence-corrected chi connectivity index (χ3v) is 3.71.